The van der Waals surface area contributed by atoms with Crippen LogP contribution < -0.4 is 5.73 Å². The van der Waals surface area contributed by atoms with Crippen molar-refractivity contribution in [1.29, 1.82) is 0 Å². The Kier molecular flexibility index (Phi) is 4.56. The number of imidazole rings is 1. The van der Waals surface area contributed by atoms with Crippen LogP contribution in [0.2, 0.25) is 0 Å². The van der Waals surface area contributed by atoms with Gasteiger partial charge >= 0.3 is 0 Å². The predicted molar refractivity (Wildman–Crippen MR) is 114 cm³/mol. The highest BCUT2D eigenvalue weighted by atomic mass is 19.1. The zero-order chi connectivity index (χ0) is 21.5. The van der Waals surface area contributed by atoms with Gasteiger partial charge in [-0.2, -0.15) is 0 Å². The maximum Gasteiger partial charge on any atom is 0.180 e. The number of pyridine rings is 1. The number of benzene rings is 2. The maximum absolute atomic E-state index is 14.9. The summed E-state index contributed by atoms with van der Waals surface area (Å²) in [5.41, 5.74) is 9.33. The van der Waals surface area contributed by atoms with Crippen LogP contribution in [-0.4, -0.2) is 31.1 Å². The molecule has 0 saturated heterocycles. The third kappa shape index (κ3) is 3.27. The molecule has 0 aliphatic heterocycles. The summed E-state index contributed by atoms with van der Waals surface area (Å²) in [6.45, 7) is -0.0838. The highest BCUT2D eigenvalue weighted by Gasteiger charge is 2.20. The van der Waals surface area contributed by atoms with Gasteiger partial charge in [-0.1, -0.05) is 18.2 Å². The second-order valence-electron chi connectivity index (χ2n) is 7.14. The highest BCUT2D eigenvalue weighted by Crippen LogP contribution is 2.35. The fourth-order valence-corrected chi connectivity index (χ4v) is 3.75. The fourth-order valence-electron chi connectivity index (χ4n) is 3.75. The second-order valence-corrected chi connectivity index (χ2v) is 7.14. The van der Waals surface area contributed by atoms with E-state index in [2.05, 4.69) is 15.0 Å². The number of nitrogens with zero attached hydrogens (tertiary/aromatic N) is 4. The third-order valence-corrected chi connectivity index (χ3v) is 5.08. The monoisotopic (exact) mass is 417 g/mol. The molecule has 0 unspecified atom stereocenters. The minimum absolute atomic E-state index is 0.0838. The van der Waals surface area contributed by atoms with Crippen molar-refractivity contribution in [2.75, 3.05) is 12.3 Å². The van der Waals surface area contributed by atoms with Crippen molar-refractivity contribution in [3.63, 3.8) is 0 Å². The van der Waals surface area contributed by atoms with Gasteiger partial charge in [0.25, 0.3) is 0 Å². The van der Waals surface area contributed by atoms with E-state index in [4.69, 9.17) is 5.73 Å². The molecule has 2 aromatic carbocycles. The van der Waals surface area contributed by atoms with Gasteiger partial charge in [-0.25, -0.2) is 18.7 Å². The van der Waals surface area contributed by atoms with E-state index in [1.807, 2.05) is 0 Å². The maximum atomic E-state index is 14.9. The van der Waals surface area contributed by atoms with Crippen molar-refractivity contribution in [2.24, 2.45) is 0 Å². The van der Waals surface area contributed by atoms with E-state index in [9.17, 15) is 13.9 Å². The van der Waals surface area contributed by atoms with Crippen LogP contribution in [0.4, 0.5) is 14.6 Å². The second kappa shape index (κ2) is 7.41. The van der Waals surface area contributed by atoms with Crippen LogP contribution in [0.1, 0.15) is 5.69 Å². The number of aliphatic hydroxyl groups excluding tert-OH is 1. The number of anilines is 1. The van der Waals surface area contributed by atoms with Crippen molar-refractivity contribution < 1.29 is 13.9 Å². The first-order valence-corrected chi connectivity index (χ1v) is 9.64. The van der Waals surface area contributed by atoms with Crippen molar-refractivity contribution in [2.45, 2.75) is 6.42 Å². The molecule has 0 atom stereocenters. The van der Waals surface area contributed by atoms with Crippen LogP contribution in [0, 0.1) is 11.6 Å². The lowest BCUT2D eigenvalue weighted by Crippen LogP contribution is -2.04. The molecule has 5 aromatic rings. The molecular weight excluding hydrogens is 400 g/mol. The number of fused-ring (bicyclic) bond motifs is 2. The summed E-state index contributed by atoms with van der Waals surface area (Å²) in [6, 6.07) is 12.6. The Balaban J connectivity index is 1.88. The van der Waals surface area contributed by atoms with Crippen LogP contribution >= 0.6 is 0 Å². The van der Waals surface area contributed by atoms with Crippen molar-refractivity contribution in [3.05, 3.63) is 78.3 Å². The minimum atomic E-state index is -0.487. The van der Waals surface area contributed by atoms with Crippen molar-refractivity contribution >= 4 is 22.4 Å². The van der Waals surface area contributed by atoms with Crippen molar-refractivity contribution in [1.82, 2.24) is 19.4 Å². The SMILES string of the molecule is Nc1nc(-c2cccc(F)c2)c(-c2cc(F)c3ncccc3c2)n2cc(CCO)nc12. The van der Waals surface area contributed by atoms with E-state index in [0.717, 1.165) is 0 Å². The smallest absolute Gasteiger partial charge is 0.180 e. The molecule has 0 spiro atoms. The molecule has 6 nitrogen and oxygen atoms in total. The van der Waals surface area contributed by atoms with Crippen LogP contribution in [0.25, 0.3) is 39.1 Å². The Morgan fingerprint density at radius 1 is 1.00 bits per heavy atom. The van der Waals surface area contributed by atoms with Gasteiger partial charge in [-0.15, -0.1) is 0 Å². The Morgan fingerprint density at radius 2 is 1.87 bits per heavy atom. The van der Waals surface area contributed by atoms with E-state index < -0.39 is 11.6 Å². The normalized spacial score (nSPS) is 11.5. The number of halogens is 2. The molecule has 8 heteroatoms. The van der Waals surface area contributed by atoms with Gasteiger partial charge in [0.1, 0.15) is 17.2 Å². The lowest BCUT2D eigenvalue weighted by Gasteiger charge is -2.14. The van der Waals surface area contributed by atoms with Gasteiger partial charge in [0.05, 0.1) is 17.1 Å². The molecule has 0 bridgehead atoms. The number of hydrogen-bond donors (Lipinski definition) is 2. The topological polar surface area (TPSA) is 89.3 Å². The molecule has 3 aromatic heterocycles. The van der Waals surface area contributed by atoms with E-state index in [1.54, 1.807) is 40.9 Å². The summed E-state index contributed by atoms with van der Waals surface area (Å²) in [7, 11) is 0. The van der Waals surface area contributed by atoms with E-state index in [0.29, 0.717) is 45.7 Å². The summed E-state index contributed by atoms with van der Waals surface area (Å²) < 4.78 is 30.6. The molecule has 0 radical (unpaired) electrons. The van der Waals surface area contributed by atoms with Crippen LogP contribution in [-0.2, 0) is 6.42 Å². The van der Waals surface area contributed by atoms with Crippen LogP contribution in [0.5, 0.6) is 0 Å². The largest absolute Gasteiger partial charge is 0.396 e. The molecule has 0 aliphatic rings. The number of nitrogens with two attached hydrogens (primary N) is 1. The van der Waals surface area contributed by atoms with E-state index >= 15 is 0 Å². The first kappa shape index (κ1) is 19.1. The first-order valence-electron chi connectivity index (χ1n) is 9.64. The van der Waals surface area contributed by atoms with Gasteiger partial charge < -0.3 is 10.8 Å². The quantitative estimate of drug-likeness (QED) is 0.461. The van der Waals surface area contributed by atoms with Gasteiger partial charge in [0.15, 0.2) is 11.5 Å². The lowest BCUT2D eigenvalue weighted by molar-refractivity contribution is 0.298. The molecule has 0 fully saturated rings. The van der Waals surface area contributed by atoms with E-state index in [1.165, 1.54) is 24.4 Å². The van der Waals surface area contributed by atoms with Crippen LogP contribution in [0.15, 0.2) is 60.9 Å². The van der Waals surface area contributed by atoms with Gasteiger partial charge in [-0.05, 0) is 30.3 Å². The number of aliphatic hydroxyl groups is 1. The van der Waals surface area contributed by atoms with Crippen LogP contribution in [0.3, 0.4) is 0 Å². The minimum Gasteiger partial charge on any atom is -0.396 e. The number of aromatic nitrogens is 4. The van der Waals surface area contributed by atoms with E-state index in [-0.39, 0.29) is 17.9 Å². The Bertz CT molecular complexity index is 1450. The number of nitrogen functional groups attached to an aromatic ring is 1. The molecule has 3 N–H and O–H groups in total. The molecule has 0 amide bonds. The van der Waals surface area contributed by atoms with Gasteiger partial charge in [0.2, 0.25) is 0 Å². The fraction of sp³-hybridized carbons (Fsp3) is 0.0870. The third-order valence-electron chi connectivity index (χ3n) is 5.08. The standard InChI is InChI=1S/C23H17F2N5O/c24-16-5-1-3-14(10-16)20-21(15-9-13-4-2-7-27-19(13)18(25)11-15)30-12-17(6-8-31)28-23(30)22(26)29-20/h1-5,7,9-12,31H,6,8H2,(H2,26,29). The summed E-state index contributed by atoms with van der Waals surface area (Å²) in [5, 5.41) is 9.94. The van der Waals surface area contributed by atoms with Crippen molar-refractivity contribution in [3.8, 4) is 22.5 Å². The average Bonchev–Trinajstić information content (AvgIpc) is 3.18. The molecule has 0 aliphatic carbocycles. The highest BCUT2D eigenvalue weighted by molar-refractivity contribution is 5.89. The Hall–Kier alpha value is -3.91. The Morgan fingerprint density at radius 3 is 2.68 bits per heavy atom. The number of hydrogen-bond acceptors (Lipinski definition) is 5. The molecular formula is C23H17F2N5O. The summed E-state index contributed by atoms with van der Waals surface area (Å²) in [6.07, 6.45) is 3.59. The lowest BCUT2D eigenvalue weighted by atomic mass is 10.0. The molecule has 5 rings (SSSR count). The predicted octanol–water partition coefficient (Wildman–Crippen LogP) is 4.01. The summed E-state index contributed by atoms with van der Waals surface area (Å²) >= 11 is 0. The van der Waals surface area contributed by atoms with Gasteiger partial charge in [-0.3, -0.25) is 9.38 Å². The molecule has 3 heterocycles. The molecule has 31 heavy (non-hydrogen) atoms. The zero-order valence-corrected chi connectivity index (χ0v) is 16.3. The average molecular weight is 417 g/mol. The van der Waals surface area contributed by atoms with Gasteiger partial charge in [0, 0.05) is 41.9 Å². The summed E-state index contributed by atoms with van der Waals surface area (Å²) in [5.74, 6) is -0.765. The zero-order valence-electron chi connectivity index (χ0n) is 16.3. The summed E-state index contributed by atoms with van der Waals surface area (Å²) in [4.78, 5) is 13.1. The number of rotatable bonds is 4. The molecule has 154 valence electrons. The first-order chi connectivity index (χ1) is 15.0. The Labute approximate surface area is 175 Å². The molecule has 0 saturated carbocycles.